The number of hydrogen-bond acceptors (Lipinski definition) is 4. The van der Waals surface area contributed by atoms with E-state index in [1.54, 1.807) is 4.90 Å². The molecular weight excluding hydrogens is 326 g/mol. The van der Waals surface area contributed by atoms with Gasteiger partial charge >= 0.3 is 0 Å². The minimum atomic E-state index is -0.0555. The highest BCUT2D eigenvalue weighted by Gasteiger charge is 2.24. The summed E-state index contributed by atoms with van der Waals surface area (Å²) in [5.74, 6) is 0.132. The summed E-state index contributed by atoms with van der Waals surface area (Å²) < 4.78 is 5.36. The molecule has 0 bridgehead atoms. The van der Waals surface area contributed by atoms with Gasteiger partial charge in [0.15, 0.2) is 0 Å². The molecular formula is C21H25N3O2. The van der Waals surface area contributed by atoms with Crippen LogP contribution in [0.25, 0.3) is 11.1 Å². The lowest BCUT2D eigenvalue weighted by Crippen LogP contribution is -2.31. The summed E-state index contributed by atoms with van der Waals surface area (Å²) in [6, 6.07) is 8.02. The molecule has 136 valence electrons. The largest absolute Gasteiger partial charge is 0.336 e. The van der Waals surface area contributed by atoms with Crippen LogP contribution in [0.4, 0.5) is 5.69 Å². The molecule has 0 unspecified atom stereocenters. The van der Waals surface area contributed by atoms with E-state index in [-0.39, 0.29) is 11.8 Å². The van der Waals surface area contributed by atoms with Crippen molar-refractivity contribution in [1.82, 2.24) is 10.1 Å². The lowest BCUT2D eigenvalue weighted by Gasteiger charge is -2.24. The van der Waals surface area contributed by atoms with Crippen LogP contribution < -0.4 is 4.90 Å². The molecule has 1 aromatic carbocycles. The summed E-state index contributed by atoms with van der Waals surface area (Å²) in [6.45, 7) is 12.6. The molecule has 5 nitrogen and oxygen atoms in total. The number of nitrogens with zero attached hydrogens (tertiary/aromatic N) is 3. The van der Waals surface area contributed by atoms with Crippen molar-refractivity contribution >= 4 is 22.7 Å². The monoisotopic (exact) mass is 351 g/mol. The molecule has 3 rings (SSSR count). The van der Waals surface area contributed by atoms with E-state index < -0.39 is 0 Å². The molecule has 0 aliphatic carbocycles. The van der Waals surface area contributed by atoms with Crippen LogP contribution in [-0.4, -0.2) is 22.6 Å². The van der Waals surface area contributed by atoms with Crippen molar-refractivity contribution in [3.8, 4) is 0 Å². The van der Waals surface area contributed by atoms with Gasteiger partial charge in [-0.05, 0) is 51.3 Å². The van der Waals surface area contributed by atoms with Crippen molar-refractivity contribution in [2.24, 2.45) is 0 Å². The number of carbonyl (C=O) groups excluding carboxylic acids is 1. The second kappa shape index (κ2) is 6.90. The lowest BCUT2D eigenvalue weighted by atomic mass is 10.0. The fourth-order valence-corrected chi connectivity index (χ4v) is 3.26. The maximum Gasteiger partial charge on any atom is 0.259 e. The van der Waals surface area contributed by atoms with Crippen molar-refractivity contribution in [3.63, 3.8) is 0 Å². The molecule has 0 saturated heterocycles. The van der Waals surface area contributed by atoms with E-state index in [2.05, 4.69) is 23.1 Å². The Kier molecular flexibility index (Phi) is 4.81. The van der Waals surface area contributed by atoms with Crippen LogP contribution in [0.1, 0.15) is 59.6 Å². The predicted octanol–water partition coefficient (Wildman–Crippen LogP) is 4.94. The zero-order valence-corrected chi connectivity index (χ0v) is 16.3. The number of rotatable bonds is 4. The highest BCUT2D eigenvalue weighted by molar-refractivity contribution is 6.13. The summed E-state index contributed by atoms with van der Waals surface area (Å²) in [5, 5.41) is 4.71. The Morgan fingerprint density at radius 1 is 1.19 bits per heavy atom. The molecule has 0 radical (unpaired) electrons. The molecule has 3 aromatic rings. The van der Waals surface area contributed by atoms with Crippen LogP contribution >= 0.6 is 0 Å². The number of hydrogen-bond donors (Lipinski definition) is 0. The first-order chi connectivity index (χ1) is 12.3. The van der Waals surface area contributed by atoms with Crippen molar-refractivity contribution in [3.05, 3.63) is 52.3 Å². The van der Waals surface area contributed by atoms with E-state index in [4.69, 9.17) is 4.52 Å². The van der Waals surface area contributed by atoms with Crippen LogP contribution in [0.5, 0.6) is 0 Å². The zero-order valence-electron chi connectivity index (χ0n) is 16.3. The predicted molar refractivity (Wildman–Crippen MR) is 104 cm³/mol. The molecule has 2 aromatic heterocycles. The summed E-state index contributed by atoms with van der Waals surface area (Å²) in [5.41, 5.74) is 5.72. The van der Waals surface area contributed by atoms with Crippen molar-refractivity contribution in [2.75, 3.05) is 11.4 Å². The SMILES string of the molecule is CCN(C(=O)c1cc(C(C)C)nc2onc(C)c12)c1ccc(C)cc1C. The first-order valence-electron chi connectivity index (χ1n) is 8.99. The van der Waals surface area contributed by atoms with Gasteiger partial charge in [0.2, 0.25) is 0 Å². The highest BCUT2D eigenvalue weighted by atomic mass is 16.5. The number of pyridine rings is 1. The molecule has 0 aliphatic heterocycles. The summed E-state index contributed by atoms with van der Waals surface area (Å²) >= 11 is 0. The van der Waals surface area contributed by atoms with E-state index >= 15 is 0 Å². The van der Waals surface area contributed by atoms with Gasteiger partial charge in [-0.15, -0.1) is 0 Å². The Balaban J connectivity index is 2.17. The minimum Gasteiger partial charge on any atom is -0.336 e. The van der Waals surface area contributed by atoms with Gasteiger partial charge in [0.1, 0.15) is 0 Å². The van der Waals surface area contributed by atoms with Gasteiger partial charge in [0.25, 0.3) is 11.6 Å². The Morgan fingerprint density at radius 2 is 1.92 bits per heavy atom. The van der Waals surface area contributed by atoms with Gasteiger partial charge in [-0.1, -0.05) is 36.7 Å². The van der Waals surface area contributed by atoms with E-state index in [1.165, 1.54) is 5.56 Å². The second-order valence-electron chi connectivity index (χ2n) is 7.04. The van der Waals surface area contributed by atoms with Crippen molar-refractivity contribution < 1.29 is 9.32 Å². The summed E-state index contributed by atoms with van der Waals surface area (Å²) in [6.07, 6.45) is 0. The Morgan fingerprint density at radius 3 is 2.54 bits per heavy atom. The first kappa shape index (κ1) is 18.1. The second-order valence-corrected chi connectivity index (χ2v) is 7.04. The van der Waals surface area contributed by atoms with Gasteiger partial charge in [-0.25, -0.2) is 4.98 Å². The van der Waals surface area contributed by atoms with Crippen LogP contribution in [0.2, 0.25) is 0 Å². The van der Waals surface area contributed by atoms with Gasteiger partial charge in [-0.3, -0.25) is 4.79 Å². The fourth-order valence-electron chi connectivity index (χ4n) is 3.26. The van der Waals surface area contributed by atoms with Crippen molar-refractivity contribution in [1.29, 1.82) is 0 Å². The maximum absolute atomic E-state index is 13.5. The Hall–Kier alpha value is -2.69. The number of aromatic nitrogens is 2. The number of amides is 1. The number of aryl methyl sites for hydroxylation is 3. The van der Waals surface area contributed by atoms with Crippen LogP contribution in [0, 0.1) is 20.8 Å². The Labute approximate surface area is 154 Å². The molecule has 2 heterocycles. The molecule has 26 heavy (non-hydrogen) atoms. The Bertz CT molecular complexity index is 973. The maximum atomic E-state index is 13.5. The van der Waals surface area contributed by atoms with E-state index in [9.17, 15) is 4.79 Å². The zero-order chi connectivity index (χ0) is 19.0. The van der Waals surface area contributed by atoms with Crippen LogP contribution in [0.15, 0.2) is 28.8 Å². The van der Waals surface area contributed by atoms with Gasteiger partial charge < -0.3 is 9.42 Å². The van der Waals surface area contributed by atoms with Crippen LogP contribution in [0.3, 0.4) is 0 Å². The lowest BCUT2D eigenvalue weighted by molar-refractivity contribution is 0.0989. The minimum absolute atomic E-state index is 0.0555. The quantitative estimate of drug-likeness (QED) is 0.668. The summed E-state index contributed by atoms with van der Waals surface area (Å²) in [4.78, 5) is 19.8. The van der Waals surface area contributed by atoms with Crippen LogP contribution in [-0.2, 0) is 0 Å². The molecule has 0 fully saturated rings. The number of benzene rings is 1. The molecule has 0 aliphatic rings. The smallest absolute Gasteiger partial charge is 0.259 e. The van der Waals surface area contributed by atoms with E-state index in [0.29, 0.717) is 28.9 Å². The van der Waals surface area contributed by atoms with E-state index in [0.717, 1.165) is 16.9 Å². The normalized spacial score (nSPS) is 11.3. The van der Waals surface area contributed by atoms with Crippen molar-refractivity contribution in [2.45, 2.75) is 47.5 Å². The average molecular weight is 351 g/mol. The molecule has 1 amide bonds. The van der Waals surface area contributed by atoms with E-state index in [1.807, 2.05) is 52.8 Å². The first-order valence-corrected chi connectivity index (χ1v) is 8.99. The van der Waals surface area contributed by atoms with Gasteiger partial charge in [0.05, 0.1) is 16.6 Å². The average Bonchev–Trinajstić information content (AvgIpc) is 2.97. The third kappa shape index (κ3) is 3.09. The standard InChI is InChI=1S/C21H25N3O2/c1-7-24(18-9-8-13(4)10-14(18)5)21(25)16-11-17(12(2)3)22-20-19(16)15(6)23-26-20/h8-12H,7H2,1-6H3. The number of anilines is 1. The molecule has 0 spiro atoms. The highest BCUT2D eigenvalue weighted by Crippen LogP contribution is 2.29. The topological polar surface area (TPSA) is 59.2 Å². The molecule has 0 atom stereocenters. The third-order valence-corrected chi connectivity index (χ3v) is 4.66. The number of carbonyl (C=O) groups is 1. The summed E-state index contributed by atoms with van der Waals surface area (Å²) in [7, 11) is 0. The molecule has 5 heteroatoms. The fraction of sp³-hybridized carbons (Fsp3) is 0.381. The molecule has 0 N–H and O–H groups in total. The van der Waals surface area contributed by atoms with Gasteiger partial charge in [-0.2, -0.15) is 0 Å². The molecule has 0 saturated carbocycles. The van der Waals surface area contributed by atoms with Gasteiger partial charge in [0, 0.05) is 17.9 Å². The third-order valence-electron chi connectivity index (χ3n) is 4.66. The number of fused-ring (bicyclic) bond motifs is 1.